The van der Waals surface area contributed by atoms with Crippen LogP contribution in [0.3, 0.4) is 0 Å². The Labute approximate surface area is 151 Å². The maximum atomic E-state index is 12.3. The number of hydrogen-bond acceptors (Lipinski definition) is 5. The number of amides is 2. The number of aryl methyl sites for hydroxylation is 2. The minimum atomic E-state index is -0.599. The quantitative estimate of drug-likeness (QED) is 0.832. The summed E-state index contributed by atoms with van der Waals surface area (Å²) in [5.41, 5.74) is 2.68. The second kappa shape index (κ2) is 6.71. The van der Waals surface area contributed by atoms with Gasteiger partial charge in [-0.15, -0.1) is 11.8 Å². The van der Waals surface area contributed by atoms with Gasteiger partial charge in [-0.1, -0.05) is 12.1 Å². The zero-order valence-corrected chi connectivity index (χ0v) is 15.4. The molecule has 2 aliphatic rings. The zero-order valence-electron chi connectivity index (χ0n) is 14.6. The number of nitrogens with zero attached hydrogens (tertiary/aromatic N) is 1. The van der Waals surface area contributed by atoms with E-state index in [0.29, 0.717) is 17.9 Å². The molecule has 0 aliphatic carbocycles. The minimum absolute atomic E-state index is 0.0192. The molecule has 0 unspecified atom stereocenters. The zero-order chi connectivity index (χ0) is 18.2. The standard InChI is InChI=1S/C18H22N2O4S/c1-11-4-5-12(2)13(8-11)19-15(21)9-24-17(23)14-10-25-18(3)7-6-16(22)20(14)18/h4-5,8,14H,6-7,9-10H2,1-3H3,(H,19,21)/t14-,18+/m1/s1. The lowest BCUT2D eigenvalue weighted by molar-refractivity contribution is -0.155. The van der Waals surface area contributed by atoms with Crippen LogP contribution in [-0.2, 0) is 19.1 Å². The van der Waals surface area contributed by atoms with Gasteiger partial charge >= 0.3 is 5.97 Å². The first kappa shape index (κ1) is 17.8. The summed E-state index contributed by atoms with van der Waals surface area (Å²) in [4.78, 5) is 37.8. The summed E-state index contributed by atoms with van der Waals surface area (Å²) in [7, 11) is 0. The number of carbonyl (C=O) groups excluding carboxylic acids is 3. The Balaban J connectivity index is 1.56. The fourth-order valence-corrected chi connectivity index (χ4v) is 4.70. The molecule has 2 heterocycles. The van der Waals surface area contributed by atoms with Gasteiger partial charge in [0.1, 0.15) is 6.04 Å². The van der Waals surface area contributed by atoms with Crippen LogP contribution in [0, 0.1) is 13.8 Å². The van der Waals surface area contributed by atoms with E-state index >= 15 is 0 Å². The van der Waals surface area contributed by atoms with Crippen LogP contribution in [0.1, 0.15) is 30.9 Å². The molecule has 0 bridgehead atoms. The predicted molar refractivity (Wildman–Crippen MR) is 96.2 cm³/mol. The van der Waals surface area contributed by atoms with Crippen molar-refractivity contribution in [2.75, 3.05) is 17.7 Å². The van der Waals surface area contributed by atoms with Gasteiger partial charge in [0.15, 0.2) is 6.61 Å². The van der Waals surface area contributed by atoms with Crippen molar-refractivity contribution in [1.29, 1.82) is 0 Å². The largest absolute Gasteiger partial charge is 0.454 e. The van der Waals surface area contributed by atoms with E-state index < -0.39 is 12.0 Å². The third kappa shape index (κ3) is 3.51. The van der Waals surface area contributed by atoms with Gasteiger partial charge in [-0.05, 0) is 44.4 Å². The highest BCUT2D eigenvalue weighted by Crippen LogP contribution is 2.47. The lowest BCUT2D eigenvalue weighted by Crippen LogP contribution is -2.47. The number of rotatable bonds is 4. The third-order valence-electron chi connectivity index (χ3n) is 4.73. The van der Waals surface area contributed by atoms with Crippen molar-refractivity contribution in [3.05, 3.63) is 29.3 Å². The van der Waals surface area contributed by atoms with Gasteiger partial charge in [-0.25, -0.2) is 4.79 Å². The summed E-state index contributed by atoms with van der Waals surface area (Å²) >= 11 is 1.60. The lowest BCUT2D eigenvalue weighted by atomic mass is 10.1. The molecule has 2 fully saturated rings. The van der Waals surface area contributed by atoms with Gasteiger partial charge in [0.05, 0.1) is 4.87 Å². The first-order valence-corrected chi connectivity index (χ1v) is 9.28. The van der Waals surface area contributed by atoms with Crippen LogP contribution in [0.15, 0.2) is 18.2 Å². The summed E-state index contributed by atoms with van der Waals surface area (Å²) in [5, 5.41) is 2.76. The number of benzene rings is 1. The number of hydrogen-bond donors (Lipinski definition) is 1. The molecular formula is C18H22N2O4S. The molecule has 2 aliphatic heterocycles. The van der Waals surface area contributed by atoms with E-state index in [2.05, 4.69) is 5.32 Å². The summed E-state index contributed by atoms with van der Waals surface area (Å²) in [5.74, 6) is -0.403. The Morgan fingerprint density at radius 1 is 1.40 bits per heavy atom. The number of anilines is 1. The topological polar surface area (TPSA) is 75.7 Å². The molecule has 25 heavy (non-hydrogen) atoms. The second-order valence-corrected chi connectivity index (χ2v) is 8.24. The fraction of sp³-hybridized carbons (Fsp3) is 0.500. The van der Waals surface area contributed by atoms with Crippen LogP contribution < -0.4 is 5.32 Å². The lowest BCUT2D eigenvalue weighted by Gasteiger charge is -2.29. The van der Waals surface area contributed by atoms with Gasteiger partial charge in [0.25, 0.3) is 5.91 Å². The number of fused-ring (bicyclic) bond motifs is 1. The SMILES string of the molecule is Cc1ccc(C)c(NC(=O)COC(=O)[C@H]2CS[C@@]3(C)CCC(=O)N23)c1. The average molecular weight is 362 g/mol. The molecule has 0 radical (unpaired) electrons. The minimum Gasteiger partial charge on any atom is -0.454 e. The van der Waals surface area contributed by atoms with E-state index in [1.165, 1.54) is 0 Å². The van der Waals surface area contributed by atoms with E-state index in [-0.39, 0.29) is 23.3 Å². The molecule has 2 saturated heterocycles. The summed E-state index contributed by atoms with van der Waals surface area (Å²) in [6.45, 7) is 5.46. The van der Waals surface area contributed by atoms with Gasteiger partial charge in [-0.2, -0.15) is 0 Å². The molecule has 6 nitrogen and oxygen atoms in total. The normalized spacial score (nSPS) is 25.0. The monoisotopic (exact) mass is 362 g/mol. The molecule has 3 rings (SSSR count). The molecule has 7 heteroatoms. The van der Waals surface area contributed by atoms with Crippen LogP contribution >= 0.6 is 11.8 Å². The van der Waals surface area contributed by atoms with Crippen molar-refractivity contribution in [2.24, 2.45) is 0 Å². The van der Waals surface area contributed by atoms with Crippen LogP contribution in [0.4, 0.5) is 5.69 Å². The molecule has 2 atom stereocenters. The molecular weight excluding hydrogens is 340 g/mol. The Kier molecular flexibility index (Phi) is 4.77. The van der Waals surface area contributed by atoms with E-state index in [1.807, 2.05) is 39.0 Å². The van der Waals surface area contributed by atoms with E-state index in [1.54, 1.807) is 16.7 Å². The number of carbonyl (C=O) groups is 3. The number of esters is 1. The van der Waals surface area contributed by atoms with Crippen molar-refractivity contribution < 1.29 is 19.1 Å². The number of ether oxygens (including phenoxy) is 1. The molecule has 0 saturated carbocycles. The maximum Gasteiger partial charge on any atom is 0.330 e. The predicted octanol–water partition coefficient (Wildman–Crippen LogP) is 2.24. The Hall–Kier alpha value is -2.02. The highest BCUT2D eigenvalue weighted by atomic mass is 32.2. The number of nitrogens with one attached hydrogen (secondary N) is 1. The molecule has 1 aromatic carbocycles. The Morgan fingerprint density at radius 2 is 2.16 bits per heavy atom. The van der Waals surface area contributed by atoms with Crippen LogP contribution in [0.2, 0.25) is 0 Å². The summed E-state index contributed by atoms with van der Waals surface area (Å²) in [6.07, 6.45) is 1.20. The average Bonchev–Trinajstić information content (AvgIpc) is 3.05. The second-order valence-electron chi connectivity index (χ2n) is 6.74. The molecule has 1 aromatic rings. The maximum absolute atomic E-state index is 12.3. The molecule has 2 amide bonds. The van der Waals surface area contributed by atoms with Gasteiger partial charge in [-0.3, -0.25) is 9.59 Å². The smallest absolute Gasteiger partial charge is 0.330 e. The van der Waals surface area contributed by atoms with Gasteiger partial charge < -0.3 is 15.0 Å². The highest BCUT2D eigenvalue weighted by Gasteiger charge is 2.53. The van der Waals surface area contributed by atoms with Crippen LogP contribution in [-0.4, -0.2) is 46.0 Å². The van der Waals surface area contributed by atoms with E-state index in [9.17, 15) is 14.4 Å². The number of thioether (sulfide) groups is 1. The van der Waals surface area contributed by atoms with Crippen LogP contribution in [0.25, 0.3) is 0 Å². The van der Waals surface area contributed by atoms with Crippen molar-refractivity contribution in [3.8, 4) is 0 Å². The van der Waals surface area contributed by atoms with E-state index in [4.69, 9.17) is 4.74 Å². The van der Waals surface area contributed by atoms with E-state index in [0.717, 1.165) is 17.5 Å². The third-order valence-corrected chi connectivity index (χ3v) is 6.23. The van der Waals surface area contributed by atoms with Gasteiger partial charge in [0, 0.05) is 17.9 Å². The Morgan fingerprint density at radius 3 is 2.92 bits per heavy atom. The van der Waals surface area contributed by atoms with Gasteiger partial charge in [0.2, 0.25) is 5.91 Å². The van der Waals surface area contributed by atoms with Crippen molar-refractivity contribution >= 4 is 35.2 Å². The highest BCUT2D eigenvalue weighted by molar-refractivity contribution is 8.01. The first-order chi connectivity index (χ1) is 11.8. The van der Waals surface area contributed by atoms with Crippen LogP contribution in [0.5, 0.6) is 0 Å². The molecule has 0 aromatic heterocycles. The molecule has 1 N–H and O–H groups in total. The fourth-order valence-electron chi connectivity index (χ4n) is 3.28. The Bertz CT molecular complexity index is 736. The summed E-state index contributed by atoms with van der Waals surface area (Å²) < 4.78 is 5.17. The van der Waals surface area contributed by atoms with Crippen molar-refractivity contribution in [2.45, 2.75) is 44.5 Å². The molecule has 0 spiro atoms. The molecule has 134 valence electrons. The van der Waals surface area contributed by atoms with Crippen molar-refractivity contribution in [3.63, 3.8) is 0 Å². The first-order valence-electron chi connectivity index (χ1n) is 8.30. The summed E-state index contributed by atoms with van der Waals surface area (Å²) in [6, 6.07) is 5.16. The van der Waals surface area contributed by atoms with Crippen molar-refractivity contribution in [1.82, 2.24) is 4.90 Å².